The summed E-state index contributed by atoms with van der Waals surface area (Å²) in [5, 5.41) is 19.4. The lowest BCUT2D eigenvalue weighted by atomic mass is 10.1. The number of hydrogen-bond donors (Lipinski definition) is 3. The Morgan fingerprint density at radius 2 is 1.93 bits per heavy atom. The molecule has 4 rings (SSSR count). The highest BCUT2D eigenvalue weighted by atomic mass is 32.1. The standard InChI is InChI=1S/C22H22N4OS/c1-23-22(25-13-16-10-11-24-18-8-4-3-7-17(16)18)26-14-19(27)21-12-15-6-2-5-9-20(15)28-21/h2-12,19,27H,13-14H2,1H3,(H2,23,25,26). The summed E-state index contributed by atoms with van der Waals surface area (Å²) in [6, 6.07) is 20.3. The van der Waals surface area contributed by atoms with Crippen molar-refractivity contribution in [3.63, 3.8) is 0 Å². The number of rotatable bonds is 5. The lowest BCUT2D eigenvalue weighted by molar-refractivity contribution is 0.184. The quantitative estimate of drug-likeness (QED) is 0.358. The Hall–Kier alpha value is -2.96. The minimum Gasteiger partial charge on any atom is -0.386 e. The van der Waals surface area contributed by atoms with Gasteiger partial charge in [-0.05, 0) is 35.2 Å². The van der Waals surface area contributed by atoms with E-state index < -0.39 is 6.10 Å². The van der Waals surface area contributed by atoms with Gasteiger partial charge in [0.1, 0.15) is 6.10 Å². The van der Waals surface area contributed by atoms with Crippen LogP contribution in [0.25, 0.3) is 21.0 Å². The van der Waals surface area contributed by atoms with Crippen LogP contribution in [-0.4, -0.2) is 29.6 Å². The van der Waals surface area contributed by atoms with Crippen LogP contribution in [0.15, 0.2) is 71.9 Å². The van der Waals surface area contributed by atoms with Gasteiger partial charge in [-0.25, -0.2) is 0 Å². The molecular weight excluding hydrogens is 368 g/mol. The van der Waals surface area contributed by atoms with Crippen LogP contribution in [0.3, 0.4) is 0 Å². The van der Waals surface area contributed by atoms with Gasteiger partial charge in [-0.3, -0.25) is 9.98 Å². The van der Waals surface area contributed by atoms with Crippen LogP contribution in [0.5, 0.6) is 0 Å². The summed E-state index contributed by atoms with van der Waals surface area (Å²) >= 11 is 1.62. The number of nitrogens with zero attached hydrogens (tertiary/aromatic N) is 2. The molecule has 2 heterocycles. The molecule has 28 heavy (non-hydrogen) atoms. The van der Waals surface area contributed by atoms with Crippen molar-refractivity contribution in [2.24, 2.45) is 4.99 Å². The highest BCUT2D eigenvalue weighted by molar-refractivity contribution is 7.19. The largest absolute Gasteiger partial charge is 0.386 e. The third kappa shape index (κ3) is 3.98. The summed E-state index contributed by atoms with van der Waals surface area (Å²) in [5.74, 6) is 0.654. The first-order valence-electron chi connectivity index (χ1n) is 9.18. The lowest BCUT2D eigenvalue weighted by Crippen LogP contribution is -2.38. The fourth-order valence-corrected chi connectivity index (χ4v) is 4.22. The molecule has 1 atom stereocenters. The second kappa shape index (κ2) is 8.37. The maximum absolute atomic E-state index is 10.5. The molecule has 0 radical (unpaired) electrons. The molecule has 2 aromatic heterocycles. The van der Waals surface area contributed by atoms with Gasteiger partial charge < -0.3 is 15.7 Å². The topological polar surface area (TPSA) is 69.5 Å². The monoisotopic (exact) mass is 390 g/mol. The van der Waals surface area contributed by atoms with Crippen molar-refractivity contribution >= 4 is 38.3 Å². The molecular formula is C22H22N4OS. The number of para-hydroxylation sites is 1. The Balaban J connectivity index is 1.38. The Morgan fingerprint density at radius 3 is 2.79 bits per heavy atom. The molecule has 0 fully saturated rings. The van der Waals surface area contributed by atoms with E-state index in [2.05, 4.69) is 38.8 Å². The van der Waals surface area contributed by atoms with Gasteiger partial charge in [-0.1, -0.05) is 36.4 Å². The average Bonchev–Trinajstić information content (AvgIpc) is 3.18. The van der Waals surface area contributed by atoms with Gasteiger partial charge in [0, 0.05) is 41.3 Å². The van der Waals surface area contributed by atoms with Crippen LogP contribution in [0, 0.1) is 0 Å². The molecule has 6 heteroatoms. The summed E-state index contributed by atoms with van der Waals surface area (Å²) in [4.78, 5) is 9.61. The number of thiophene rings is 1. The van der Waals surface area contributed by atoms with Gasteiger partial charge in [0.2, 0.25) is 0 Å². The van der Waals surface area contributed by atoms with Crippen LogP contribution >= 0.6 is 11.3 Å². The van der Waals surface area contributed by atoms with Crippen molar-refractivity contribution in [1.29, 1.82) is 0 Å². The molecule has 142 valence electrons. The molecule has 3 N–H and O–H groups in total. The number of guanidine groups is 1. The smallest absolute Gasteiger partial charge is 0.191 e. The van der Waals surface area contributed by atoms with Gasteiger partial charge >= 0.3 is 0 Å². The van der Waals surface area contributed by atoms with E-state index in [1.807, 2.05) is 48.7 Å². The second-order valence-electron chi connectivity index (χ2n) is 6.50. The number of aliphatic imine (C=N–C) groups is 1. The van der Waals surface area contributed by atoms with E-state index in [0.29, 0.717) is 19.0 Å². The van der Waals surface area contributed by atoms with Crippen molar-refractivity contribution in [2.45, 2.75) is 12.6 Å². The van der Waals surface area contributed by atoms with Gasteiger partial charge in [-0.2, -0.15) is 0 Å². The van der Waals surface area contributed by atoms with Crippen LogP contribution in [0.1, 0.15) is 16.5 Å². The van der Waals surface area contributed by atoms with Gasteiger partial charge in [0.05, 0.1) is 5.52 Å². The van der Waals surface area contributed by atoms with Crippen LogP contribution in [-0.2, 0) is 6.54 Å². The van der Waals surface area contributed by atoms with E-state index in [1.165, 1.54) is 4.70 Å². The fourth-order valence-electron chi connectivity index (χ4n) is 3.17. The zero-order valence-corrected chi connectivity index (χ0v) is 16.4. The fraction of sp³-hybridized carbons (Fsp3) is 0.182. The Bertz CT molecular complexity index is 1080. The van der Waals surface area contributed by atoms with Crippen molar-refractivity contribution in [3.8, 4) is 0 Å². The van der Waals surface area contributed by atoms with E-state index >= 15 is 0 Å². The summed E-state index contributed by atoms with van der Waals surface area (Å²) in [6.07, 6.45) is 1.23. The molecule has 5 nitrogen and oxygen atoms in total. The highest BCUT2D eigenvalue weighted by Gasteiger charge is 2.12. The molecule has 1 unspecified atom stereocenters. The number of aliphatic hydroxyl groups excluding tert-OH is 1. The number of aliphatic hydroxyl groups is 1. The minimum absolute atomic E-state index is 0.392. The predicted molar refractivity (Wildman–Crippen MR) is 117 cm³/mol. The lowest BCUT2D eigenvalue weighted by Gasteiger charge is -2.15. The van der Waals surface area contributed by atoms with Crippen LogP contribution in [0.4, 0.5) is 0 Å². The number of pyridine rings is 1. The third-order valence-corrected chi connectivity index (χ3v) is 5.86. The van der Waals surface area contributed by atoms with Crippen LogP contribution < -0.4 is 10.6 Å². The van der Waals surface area contributed by atoms with Gasteiger partial charge in [0.25, 0.3) is 0 Å². The molecule has 0 saturated heterocycles. The number of nitrogens with one attached hydrogen (secondary N) is 2. The Morgan fingerprint density at radius 1 is 1.11 bits per heavy atom. The van der Waals surface area contributed by atoms with Crippen molar-refractivity contribution in [2.75, 3.05) is 13.6 Å². The van der Waals surface area contributed by atoms with E-state index in [-0.39, 0.29) is 0 Å². The van der Waals surface area contributed by atoms with Crippen molar-refractivity contribution in [1.82, 2.24) is 15.6 Å². The number of fused-ring (bicyclic) bond motifs is 2. The molecule has 2 aromatic carbocycles. The summed E-state index contributed by atoms with van der Waals surface area (Å²) in [7, 11) is 1.73. The number of benzene rings is 2. The van der Waals surface area contributed by atoms with E-state index in [0.717, 1.165) is 26.7 Å². The van der Waals surface area contributed by atoms with E-state index in [4.69, 9.17) is 0 Å². The van der Waals surface area contributed by atoms with Gasteiger partial charge in [-0.15, -0.1) is 11.3 Å². The first kappa shape index (κ1) is 18.4. The van der Waals surface area contributed by atoms with Crippen molar-refractivity contribution in [3.05, 3.63) is 77.3 Å². The molecule has 0 aliphatic rings. The maximum atomic E-state index is 10.5. The first-order chi connectivity index (χ1) is 13.7. The molecule has 0 bridgehead atoms. The van der Waals surface area contributed by atoms with Crippen LogP contribution in [0.2, 0.25) is 0 Å². The van der Waals surface area contributed by atoms with Gasteiger partial charge in [0.15, 0.2) is 5.96 Å². The summed E-state index contributed by atoms with van der Waals surface area (Å²) < 4.78 is 1.18. The predicted octanol–water partition coefficient (Wildman–Crippen LogP) is 3.85. The summed E-state index contributed by atoms with van der Waals surface area (Å²) in [5.41, 5.74) is 2.13. The number of hydrogen-bond acceptors (Lipinski definition) is 4. The average molecular weight is 391 g/mol. The zero-order valence-electron chi connectivity index (χ0n) is 15.6. The molecule has 0 spiro atoms. The molecule has 0 saturated carbocycles. The molecule has 0 aliphatic heterocycles. The van der Waals surface area contributed by atoms with E-state index in [9.17, 15) is 5.11 Å². The Labute approximate surface area is 167 Å². The molecule has 0 aliphatic carbocycles. The zero-order chi connectivity index (χ0) is 19.3. The van der Waals surface area contributed by atoms with Crippen molar-refractivity contribution < 1.29 is 5.11 Å². The SMILES string of the molecule is CN=C(NCc1ccnc2ccccc12)NCC(O)c1cc2ccccc2s1. The molecule has 4 aromatic rings. The first-order valence-corrected chi connectivity index (χ1v) is 10.00. The normalized spacial score (nSPS) is 13.0. The maximum Gasteiger partial charge on any atom is 0.191 e. The molecule has 0 amide bonds. The third-order valence-electron chi connectivity index (χ3n) is 4.65. The number of aromatic nitrogens is 1. The minimum atomic E-state index is -0.585. The highest BCUT2D eigenvalue weighted by Crippen LogP contribution is 2.29. The second-order valence-corrected chi connectivity index (χ2v) is 7.61. The van der Waals surface area contributed by atoms with E-state index in [1.54, 1.807) is 18.4 Å². The summed E-state index contributed by atoms with van der Waals surface area (Å²) in [6.45, 7) is 1.02. The Kier molecular flexibility index (Phi) is 5.50.